The minimum absolute atomic E-state index is 0.242. The predicted octanol–water partition coefficient (Wildman–Crippen LogP) is 1.86. The summed E-state index contributed by atoms with van der Waals surface area (Å²) < 4.78 is 4.84. The van der Waals surface area contributed by atoms with Gasteiger partial charge in [0.25, 0.3) is 5.91 Å². The second kappa shape index (κ2) is 8.32. The average Bonchev–Trinajstić information content (AvgIpc) is 2.44. The summed E-state index contributed by atoms with van der Waals surface area (Å²) in [6, 6.07) is 6.29. The van der Waals surface area contributed by atoms with Gasteiger partial charge in [-0.05, 0) is 24.1 Å². The van der Waals surface area contributed by atoms with Crippen LogP contribution in [-0.2, 0) is 16.0 Å². The Labute approximate surface area is 118 Å². The third-order valence-corrected chi connectivity index (χ3v) is 2.97. The van der Waals surface area contributed by atoms with Crippen LogP contribution < -0.4 is 5.32 Å². The summed E-state index contributed by atoms with van der Waals surface area (Å²) in [5, 5.41) is 11.5. The van der Waals surface area contributed by atoms with E-state index >= 15 is 0 Å². The summed E-state index contributed by atoms with van der Waals surface area (Å²) >= 11 is 0. The first-order valence-corrected chi connectivity index (χ1v) is 6.70. The number of rotatable bonds is 8. The van der Waals surface area contributed by atoms with Crippen LogP contribution in [0.5, 0.6) is 0 Å². The largest absolute Gasteiger partial charge is 0.480 e. The highest BCUT2D eigenvalue weighted by molar-refractivity contribution is 5.96. The van der Waals surface area contributed by atoms with E-state index in [1.54, 1.807) is 12.1 Å². The van der Waals surface area contributed by atoms with Crippen LogP contribution in [0.2, 0.25) is 0 Å². The Balaban J connectivity index is 2.65. The van der Waals surface area contributed by atoms with Crippen molar-refractivity contribution in [3.63, 3.8) is 0 Å². The average molecular weight is 279 g/mol. The van der Waals surface area contributed by atoms with Gasteiger partial charge in [-0.25, -0.2) is 4.79 Å². The van der Waals surface area contributed by atoms with Gasteiger partial charge in [-0.3, -0.25) is 4.79 Å². The second-order valence-electron chi connectivity index (χ2n) is 4.59. The third-order valence-electron chi connectivity index (χ3n) is 2.97. The minimum Gasteiger partial charge on any atom is -0.480 e. The fourth-order valence-corrected chi connectivity index (χ4v) is 1.85. The van der Waals surface area contributed by atoms with Crippen molar-refractivity contribution in [1.29, 1.82) is 0 Å². The van der Waals surface area contributed by atoms with Gasteiger partial charge in [0.05, 0.1) is 0 Å². The number of carbonyl (C=O) groups excluding carboxylic acids is 1. The van der Waals surface area contributed by atoms with Crippen LogP contribution in [0.15, 0.2) is 24.3 Å². The lowest BCUT2D eigenvalue weighted by molar-refractivity contribution is -0.139. The molecule has 0 spiro atoms. The van der Waals surface area contributed by atoms with Crippen LogP contribution in [0.3, 0.4) is 0 Å². The molecule has 0 aliphatic heterocycles. The lowest BCUT2D eigenvalue weighted by Crippen LogP contribution is -2.41. The molecular formula is C15H21NO4. The number of amides is 1. The smallest absolute Gasteiger partial charge is 0.326 e. The molecule has 1 unspecified atom stereocenters. The number of methoxy groups -OCH3 is 1. The maximum absolute atomic E-state index is 12.0. The third kappa shape index (κ3) is 5.01. The van der Waals surface area contributed by atoms with E-state index in [1.165, 1.54) is 12.7 Å². The SMILES string of the molecule is CCCc1ccc(C(=O)NC(CCOC)C(=O)O)cc1. The van der Waals surface area contributed by atoms with Gasteiger partial charge in [0.15, 0.2) is 0 Å². The zero-order chi connectivity index (χ0) is 15.0. The number of benzene rings is 1. The van der Waals surface area contributed by atoms with E-state index in [4.69, 9.17) is 9.84 Å². The maximum Gasteiger partial charge on any atom is 0.326 e. The Hall–Kier alpha value is -1.88. The van der Waals surface area contributed by atoms with Crippen LogP contribution in [0.1, 0.15) is 35.7 Å². The molecule has 1 atom stereocenters. The van der Waals surface area contributed by atoms with Gasteiger partial charge < -0.3 is 15.2 Å². The number of carbonyl (C=O) groups is 2. The molecule has 0 fully saturated rings. The van der Waals surface area contributed by atoms with Crippen molar-refractivity contribution in [2.24, 2.45) is 0 Å². The quantitative estimate of drug-likeness (QED) is 0.761. The number of carboxylic acids is 1. The Kier molecular flexibility index (Phi) is 6.73. The van der Waals surface area contributed by atoms with Gasteiger partial charge in [0, 0.05) is 25.7 Å². The van der Waals surface area contributed by atoms with Gasteiger partial charge in [0.1, 0.15) is 6.04 Å². The monoisotopic (exact) mass is 279 g/mol. The molecule has 2 N–H and O–H groups in total. The number of hydrogen-bond acceptors (Lipinski definition) is 3. The van der Waals surface area contributed by atoms with Crippen molar-refractivity contribution in [2.45, 2.75) is 32.2 Å². The molecule has 110 valence electrons. The predicted molar refractivity (Wildman–Crippen MR) is 75.8 cm³/mol. The summed E-state index contributed by atoms with van der Waals surface area (Å²) in [4.78, 5) is 23.0. The Morgan fingerprint density at radius 2 is 1.95 bits per heavy atom. The molecule has 5 heteroatoms. The molecular weight excluding hydrogens is 258 g/mol. The van der Waals surface area contributed by atoms with Crippen molar-refractivity contribution >= 4 is 11.9 Å². The second-order valence-corrected chi connectivity index (χ2v) is 4.59. The van der Waals surface area contributed by atoms with Gasteiger partial charge in [-0.2, -0.15) is 0 Å². The fourth-order valence-electron chi connectivity index (χ4n) is 1.85. The zero-order valence-electron chi connectivity index (χ0n) is 11.9. The van der Waals surface area contributed by atoms with Crippen molar-refractivity contribution in [1.82, 2.24) is 5.32 Å². The van der Waals surface area contributed by atoms with E-state index in [9.17, 15) is 9.59 Å². The lowest BCUT2D eigenvalue weighted by atomic mass is 10.1. The Morgan fingerprint density at radius 1 is 1.30 bits per heavy atom. The Bertz CT molecular complexity index is 442. The molecule has 0 aromatic heterocycles. The van der Waals surface area contributed by atoms with Crippen LogP contribution in [0.25, 0.3) is 0 Å². The molecule has 5 nitrogen and oxygen atoms in total. The molecule has 0 saturated carbocycles. The first kappa shape index (κ1) is 16.2. The standard InChI is InChI=1S/C15H21NO4/c1-3-4-11-5-7-12(8-6-11)14(17)16-13(15(18)19)9-10-20-2/h5-8,13H,3-4,9-10H2,1-2H3,(H,16,17)(H,18,19). The highest BCUT2D eigenvalue weighted by Gasteiger charge is 2.20. The van der Waals surface area contributed by atoms with E-state index in [1.807, 2.05) is 12.1 Å². The van der Waals surface area contributed by atoms with Crippen LogP contribution in [-0.4, -0.2) is 36.7 Å². The van der Waals surface area contributed by atoms with E-state index in [0.717, 1.165) is 12.8 Å². The summed E-state index contributed by atoms with van der Waals surface area (Å²) in [6.45, 7) is 2.38. The van der Waals surface area contributed by atoms with Gasteiger partial charge in [-0.15, -0.1) is 0 Å². The number of ether oxygens (including phenoxy) is 1. The fraction of sp³-hybridized carbons (Fsp3) is 0.467. The molecule has 0 bridgehead atoms. The van der Waals surface area contributed by atoms with E-state index in [0.29, 0.717) is 5.56 Å². The first-order chi connectivity index (χ1) is 9.58. The molecule has 1 rings (SSSR count). The van der Waals surface area contributed by atoms with Gasteiger partial charge in [-0.1, -0.05) is 25.5 Å². The summed E-state index contributed by atoms with van der Waals surface area (Å²) in [5.41, 5.74) is 1.63. The summed E-state index contributed by atoms with van der Waals surface area (Å²) in [6.07, 6.45) is 2.25. The topological polar surface area (TPSA) is 75.6 Å². The molecule has 0 aliphatic rings. The van der Waals surface area contributed by atoms with Crippen molar-refractivity contribution in [3.8, 4) is 0 Å². The van der Waals surface area contributed by atoms with Crippen LogP contribution in [0.4, 0.5) is 0 Å². The van der Waals surface area contributed by atoms with E-state index in [2.05, 4.69) is 12.2 Å². The van der Waals surface area contributed by atoms with E-state index in [-0.39, 0.29) is 18.9 Å². The molecule has 1 aromatic carbocycles. The highest BCUT2D eigenvalue weighted by Crippen LogP contribution is 2.07. The molecule has 0 heterocycles. The molecule has 20 heavy (non-hydrogen) atoms. The number of hydrogen-bond donors (Lipinski definition) is 2. The van der Waals surface area contributed by atoms with Crippen molar-refractivity contribution in [3.05, 3.63) is 35.4 Å². The lowest BCUT2D eigenvalue weighted by Gasteiger charge is -2.14. The highest BCUT2D eigenvalue weighted by atomic mass is 16.5. The zero-order valence-corrected chi connectivity index (χ0v) is 11.9. The number of aryl methyl sites for hydroxylation is 1. The molecule has 0 saturated heterocycles. The van der Waals surface area contributed by atoms with Gasteiger partial charge >= 0.3 is 5.97 Å². The molecule has 1 aromatic rings. The maximum atomic E-state index is 12.0. The Morgan fingerprint density at radius 3 is 2.45 bits per heavy atom. The molecule has 1 amide bonds. The summed E-state index contributed by atoms with van der Waals surface area (Å²) in [5.74, 6) is -1.44. The summed E-state index contributed by atoms with van der Waals surface area (Å²) in [7, 11) is 1.49. The van der Waals surface area contributed by atoms with Gasteiger partial charge in [0.2, 0.25) is 0 Å². The van der Waals surface area contributed by atoms with Crippen molar-refractivity contribution < 1.29 is 19.4 Å². The number of aliphatic carboxylic acids is 1. The molecule has 0 aliphatic carbocycles. The van der Waals surface area contributed by atoms with E-state index < -0.39 is 12.0 Å². The number of carboxylic acid groups (broad SMARTS) is 1. The molecule has 0 radical (unpaired) electrons. The van der Waals surface area contributed by atoms with Crippen molar-refractivity contribution in [2.75, 3.05) is 13.7 Å². The minimum atomic E-state index is -1.06. The first-order valence-electron chi connectivity index (χ1n) is 6.70. The van der Waals surface area contributed by atoms with Crippen LogP contribution in [0, 0.1) is 0 Å². The normalized spacial score (nSPS) is 11.9. The number of nitrogens with one attached hydrogen (secondary N) is 1. The van der Waals surface area contributed by atoms with Crippen LogP contribution >= 0.6 is 0 Å².